The second-order valence-electron chi connectivity index (χ2n) is 4.21. The van der Waals surface area contributed by atoms with Crippen molar-refractivity contribution >= 4 is 11.8 Å². The van der Waals surface area contributed by atoms with Gasteiger partial charge in [0, 0.05) is 37.2 Å². The van der Waals surface area contributed by atoms with Crippen molar-refractivity contribution in [2.45, 2.75) is 37.0 Å². The van der Waals surface area contributed by atoms with Crippen molar-refractivity contribution in [3.8, 4) is 0 Å². The predicted molar refractivity (Wildman–Crippen MR) is 65.0 cm³/mol. The Hall–Kier alpha value is -0.480. The van der Waals surface area contributed by atoms with Crippen LogP contribution in [-0.2, 0) is 13.5 Å². The molecule has 2 N–H and O–H groups in total. The molecular formula is C11H19N3S. The molecule has 1 aliphatic rings. The van der Waals surface area contributed by atoms with Gasteiger partial charge in [-0.05, 0) is 25.0 Å². The second-order valence-corrected chi connectivity index (χ2v) is 5.56. The van der Waals surface area contributed by atoms with Gasteiger partial charge in [-0.3, -0.25) is 0 Å². The molecule has 15 heavy (non-hydrogen) atoms. The Kier molecular flexibility index (Phi) is 3.70. The van der Waals surface area contributed by atoms with E-state index < -0.39 is 0 Å². The van der Waals surface area contributed by atoms with E-state index in [0.29, 0.717) is 11.3 Å². The number of nitrogens with two attached hydrogens (primary N) is 1. The summed E-state index contributed by atoms with van der Waals surface area (Å²) in [5, 5.41) is 0.685. The summed E-state index contributed by atoms with van der Waals surface area (Å²) >= 11 is 2.04. The summed E-state index contributed by atoms with van der Waals surface area (Å²) in [5.74, 6) is 2.44. The third-order valence-corrected chi connectivity index (χ3v) is 4.60. The van der Waals surface area contributed by atoms with E-state index in [1.54, 1.807) is 0 Å². The summed E-state index contributed by atoms with van der Waals surface area (Å²) in [5.41, 5.74) is 6.19. The highest BCUT2D eigenvalue weighted by molar-refractivity contribution is 8.00. The van der Waals surface area contributed by atoms with Crippen LogP contribution in [0.15, 0.2) is 12.4 Å². The molecule has 0 aromatic carbocycles. The fraction of sp³-hybridized carbons (Fsp3) is 0.727. The Morgan fingerprint density at radius 1 is 1.73 bits per heavy atom. The lowest BCUT2D eigenvalue weighted by Crippen LogP contribution is -2.31. The van der Waals surface area contributed by atoms with Crippen LogP contribution < -0.4 is 5.73 Å². The number of aromatic nitrogens is 2. The van der Waals surface area contributed by atoms with Crippen LogP contribution in [0.1, 0.15) is 25.1 Å². The van der Waals surface area contributed by atoms with E-state index in [9.17, 15) is 0 Å². The first-order valence-corrected chi connectivity index (χ1v) is 6.65. The van der Waals surface area contributed by atoms with E-state index in [2.05, 4.69) is 9.55 Å². The normalized spacial score (nSPS) is 23.2. The maximum Gasteiger partial charge on any atom is 0.108 e. The van der Waals surface area contributed by atoms with Gasteiger partial charge >= 0.3 is 0 Å². The van der Waals surface area contributed by atoms with Crippen molar-refractivity contribution in [2.75, 3.05) is 5.75 Å². The van der Waals surface area contributed by atoms with Gasteiger partial charge < -0.3 is 10.3 Å². The first-order chi connectivity index (χ1) is 7.27. The summed E-state index contributed by atoms with van der Waals surface area (Å²) in [6, 6.07) is 0.342. The minimum atomic E-state index is 0.342. The zero-order valence-electron chi connectivity index (χ0n) is 9.22. The number of hydrogen-bond acceptors (Lipinski definition) is 3. The lowest BCUT2D eigenvalue weighted by Gasteiger charge is -2.17. The zero-order valence-corrected chi connectivity index (χ0v) is 10.0. The molecule has 1 saturated heterocycles. The van der Waals surface area contributed by atoms with Gasteiger partial charge in [0.05, 0.1) is 0 Å². The highest BCUT2D eigenvalue weighted by Gasteiger charge is 2.22. The molecule has 1 aliphatic heterocycles. The van der Waals surface area contributed by atoms with E-state index in [0.717, 1.165) is 18.7 Å². The van der Waals surface area contributed by atoms with E-state index in [4.69, 9.17) is 5.73 Å². The van der Waals surface area contributed by atoms with Gasteiger partial charge in [0.1, 0.15) is 5.82 Å². The van der Waals surface area contributed by atoms with Gasteiger partial charge in [-0.15, -0.1) is 0 Å². The molecular weight excluding hydrogens is 206 g/mol. The average molecular weight is 225 g/mol. The molecule has 1 aromatic heterocycles. The Bertz CT molecular complexity index is 305. The maximum absolute atomic E-state index is 6.19. The standard InChI is InChI=1S/C11H19N3S/c1-14-7-6-13-11(14)5-4-9(12)10-3-2-8-15-10/h6-7,9-10H,2-5,8,12H2,1H3. The van der Waals surface area contributed by atoms with Crippen molar-refractivity contribution in [3.63, 3.8) is 0 Å². The quantitative estimate of drug-likeness (QED) is 0.846. The van der Waals surface area contributed by atoms with Gasteiger partial charge in [0.15, 0.2) is 0 Å². The molecule has 1 aromatic rings. The van der Waals surface area contributed by atoms with Crippen molar-refractivity contribution in [2.24, 2.45) is 12.8 Å². The first-order valence-electron chi connectivity index (χ1n) is 5.61. The van der Waals surface area contributed by atoms with Gasteiger partial charge in [-0.25, -0.2) is 4.98 Å². The highest BCUT2D eigenvalue weighted by atomic mass is 32.2. The van der Waals surface area contributed by atoms with Crippen LogP contribution >= 0.6 is 11.8 Å². The van der Waals surface area contributed by atoms with E-state index in [1.807, 2.05) is 31.2 Å². The summed E-state index contributed by atoms with van der Waals surface area (Å²) < 4.78 is 2.08. The van der Waals surface area contributed by atoms with Crippen molar-refractivity contribution in [1.82, 2.24) is 9.55 Å². The molecule has 2 heterocycles. The smallest absolute Gasteiger partial charge is 0.108 e. The van der Waals surface area contributed by atoms with Crippen molar-refractivity contribution in [1.29, 1.82) is 0 Å². The van der Waals surface area contributed by atoms with Gasteiger partial charge in [0.25, 0.3) is 0 Å². The van der Waals surface area contributed by atoms with Gasteiger partial charge in [-0.2, -0.15) is 11.8 Å². The molecule has 2 atom stereocenters. The number of nitrogens with zero attached hydrogens (tertiary/aromatic N) is 2. The summed E-state index contributed by atoms with van der Waals surface area (Å²) in [6.45, 7) is 0. The fourth-order valence-electron chi connectivity index (χ4n) is 2.06. The number of thioether (sulfide) groups is 1. The molecule has 4 heteroatoms. The third kappa shape index (κ3) is 2.75. The van der Waals surface area contributed by atoms with Crippen LogP contribution in [0.5, 0.6) is 0 Å². The SMILES string of the molecule is Cn1ccnc1CCC(N)C1CCCS1. The zero-order chi connectivity index (χ0) is 10.7. The van der Waals surface area contributed by atoms with Crippen LogP contribution in [-0.4, -0.2) is 26.6 Å². The van der Waals surface area contributed by atoms with E-state index in [-0.39, 0.29) is 0 Å². The Labute approximate surface area is 95.4 Å². The predicted octanol–water partition coefficient (Wildman–Crippen LogP) is 1.58. The van der Waals surface area contributed by atoms with Crippen LogP contribution in [0.25, 0.3) is 0 Å². The average Bonchev–Trinajstić information content (AvgIpc) is 2.85. The number of hydrogen-bond donors (Lipinski definition) is 1. The summed E-state index contributed by atoms with van der Waals surface area (Å²) in [7, 11) is 2.04. The fourth-order valence-corrected chi connectivity index (χ4v) is 3.41. The monoisotopic (exact) mass is 225 g/mol. The molecule has 0 bridgehead atoms. The minimum absolute atomic E-state index is 0.342. The number of imidazole rings is 1. The highest BCUT2D eigenvalue weighted by Crippen LogP contribution is 2.29. The van der Waals surface area contributed by atoms with Crippen LogP contribution in [0.4, 0.5) is 0 Å². The lowest BCUT2D eigenvalue weighted by atomic mass is 10.1. The van der Waals surface area contributed by atoms with Crippen molar-refractivity contribution in [3.05, 3.63) is 18.2 Å². The lowest BCUT2D eigenvalue weighted by molar-refractivity contribution is 0.556. The first kappa shape index (κ1) is 11.0. The molecule has 2 unspecified atom stereocenters. The van der Waals surface area contributed by atoms with Crippen LogP contribution in [0.3, 0.4) is 0 Å². The number of rotatable bonds is 4. The van der Waals surface area contributed by atoms with E-state index in [1.165, 1.54) is 18.6 Å². The molecule has 2 rings (SSSR count). The maximum atomic E-state index is 6.19. The minimum Gasteiger partial charge on any atom is -0.338 e. The van der Waals surface area contributed by atoms with Crippen LogP contribution in [0, 0.1) is 0 Å². The molecule has 0 aliphatic carbocycles. The molecule has 3 nitrogen and oxygen atoms in total. The van der Waals surface area contributed by atoms with E-state index >= 15 is 0 Å². The Morgan fingerprint density at radius 3 is 3.20 bits per heavy atom. The topological polar surface area (TPSA) is 43.8 Å². The third-order valence-electron chi connectivity index (χ3n) is 3.06. The molecule has 0 amide bonds. The summed E-state index contributed by atoms with van der Waals surface area (Å²) in [4.78, 5) is 4.31. The van der Waals surface area contributed by atoms with Gasteiger partial charge in [-0.1, -0.05) is 0 Å². The molecule has 0 radical (unpaired) electrons. The van der Waals surface area contributed by atoms with Crippen LogP contribution in [0.2, 0.25) is 0 Å². The largest absolute Gasteiger partial charge is 0.338 e. The number of aryl methyl sites for hydroxylation is 2. The van der Waals surface area contributed by atoms with Crippen molar-refractivity contribution < 1.29 is 0 Å². The Balaban J connectivity index is 1.80. The molecule has 0 spiro atoms. The Morgan fingerprint density at radius 2 is 2.60 bits per heavy atom. The molecule has 0 saturated carbocycles. The van der Waals surface area contributed by atoms with Gasteiger partial charge in [0.2, 0.25) is 0 Å². The summed E-state index contributed by atoms with van der Waals surface area (Å²) in [6.07, 6.45) is 8.54. The second kappa shape index (κ2) is 5.03. The molecule has 84 valence electrons. The molecule has 1 fully saturated rings.